The van der Waals surface area contributed by atoms with Crippen molar-refractivity contribution in [3.05, 3.63) is 48.0 Å². The maximum Gasteiger partial charge on any atom is 0.230 e. The zero-order valence-corrected chi connectivity index (χ0v) is 14.1. The first kappa shape index (κ1) is 17.0. The Hall–Kier alpha value is -2.32. The number of nitrogens with zero attached hydrogens (tertiary/aromatic N) is 2. The first-order valence-corrected chi connectivity index (χ1v) is 8.39. The van der Waals surface area contributed by atoms with Crippen molar-refractivity contribution >= 4 is 28.6 Å². The number of carbonyl (C=O) groups excluding carboxylic acids is 1. The quantitative estimate of drug-likeness (QED) is 0.650. The number of rotatable bonds is 6. The molecule has 2 rings (SSSR count). The second-order valence-electron chi connectivity index (χ2n) is 5.44. The number of hydrogen-bond donors (Lipinski definition) is 1. The lowest BCUT2D eigenvalue weighted by atomic mass is 10.0. The summed E-state index contributed by atoms with van der Waals surface area (Å²) >= 11 is 1.28. The van der Waals surface area contributed by atoms with Gasteiger partial charge >= 0.3 is 0 Å². The number of benzene rings is 1. The lowest BCUT2D eigenvalue weighted by molar-refractivity contribution is -0.118. The summed E-state index contributed by atoms with van der Waals surface area (Å²) in [5.41, 5.74) is 2.55. The number of hydrogen-bond acceptors (Lipinski definition) is 4. The highest BCUT2D eigenvalue weighted by Crippen LogP contribution is 2.26. The molecule has 0 bridgehead atoms. The van der Waals surface area contributed by atoms with E-state index >= 15 is 0 Å². The highest BCUT2D eigenvalue weighted by molar-refractivity contribution is 8.00. The molecule has 5 heteroatoms. The van der Waals surface area contributed by atoms with Crippen molar-refractivity contribution in [2.75, 3.05) is 12.3 Å². The Morgan fingerprint density at radius 2 is 2.26 bits per heavy atom. The van der Waals surface area contributed by atoms with E-state index in [0.717, 1.165) is 10.9 Å². The molecular formula is C18H19N3OS. The van der Waals surface area contributed by atoms with Crippen molar-refractivity contribution in [2.45, 2.75) is 24.8 Å². The van der Waals surface area contributed by atoms with Crippen molar-refractivity contribution in [3.8, 4) is 6.07 Å². The first-order valence-electron chi connectivity index (χ1n) is 7.40. The fraction of sp³-hybridized carbons (Fsp3) is 0.278. The zero-order chi connectivity index (χ0) is 16.8. The SMILES string of the molecule is C=CCNC(=O)CSc1nc2ccc(C(C)C)cc2cc1C#N. The summed E-state index contributed by atoms with van der Waals surface area (Å²) in [7, 11) is 0. The van der Waals surface area contributed by atoms with Crippen LogP contribution in [0.4, 0.5) is 0 Å². The molecule has 2 aromatic rings. The van der Waals surface area contributed by atoms with E-state index in [-0.39, 0.29) is 11.7 Å². The van der Waals surface area contributed by atoms with E-state index in [1.54, 1.807) is 6.08 Å². The lowest BCUT2D eigenvalue weighted by Gasteiger charge is -2.09. The molecule has 1 amide bonds. The van der Waals surface area contributed by atoms with Crippen molar-refractivity contribution in [2.24, 2.45) is 0 Å². The summed E-state index contributed by atoms with van der Waals surface area (Å²) in [5.74, 6) is 0.550. The smallest absolute Gasteiger partial charge is 0.230 e. The predicted octanol–water partition coefficient (Wildman–Crippen LogP) is 3.62. The number of thioether (sulfide) groups is 1. The average molecular weight is 325 g/mol. The maximum absolute atomic E-state index is 11.7. The highest BCUT2D eigenvalue weighted by Gasteiger charge is 2.11. The standard InChI is InChI=1S/C18H19N3OS/c1-4-7-20-17(22)11-23-18-15(10-19)9-14-8-13(12(2)3)5-6-16(14)21-18/h4-6,8-9,12H,1,7,11H2,2-3H3,(H,20,22). The maximum atomic E-state index is 11.7. The van der Waals surface area contributed by atoms with Crippen molar-refractivity contribution in [1.29, 1.82) is 5.26 Å². The minimum Gasteiger partial charge on any atom is -0.352 e. The van der Waals surface area contributed by atoms with Gasteiger partial charge in [-0.1, -0.05) is 37.8 Å². The van der Waals surface area contributed by atoms with Crippen LogP contribution in [0.25, 0.3) is 10.9 Å². The number of nitrogens with one attached hydrogen (secondary N) is 1. The van der Waals surface area contributed by atoms with Gasteiger partial charge in [-0.25, -0.2) is 4.98 Å². The molecule has 0 saturated carbocycles. The molecule has 0 aliphatic heterocycles. The van der Waals surface area contributed by atoms with Gasteiger partial charge in [-0.15, -0.1) is 6.58 Å². The van der Waals surface area contributed by atoms with Crippen LogP contribution >= 0.6 is 11.8 Å². The molecule has 0 aliphatic rings. The van der Waals surface area contributed by atoms with E-state index in [1.807, 2.05) is 12.1 Å². The van der Waals surface area contributed by atoms with E-state index < -0.39 is 0 Å². The Labute approximate surface area is 140 Å². The number of pyridine rings is 1. The van der Waals surface area contributed by atoms with Crippen molar-refractivity contribution in [1.82, 2.24) is 10.3 Å². The van der Waals surface area contributed by atoms with E-state index in [4.69, 9.17) is 0 Å². The van der Waals surface area contributed by atoms with E-state index in [9.17, 15) is 10.1 Å². The van der Waals surface area contributed by atoms with Gasteiger partial charge in [0.25, 0.3) is 0 Å². The fourth-order valence-electron chi connectivity index (χ4n) is 2.10. The molecular weight excluding hydrogens is 306 g/mol. The predicted molar refractivity (Wildman–Crippen MR) is 94.5 cm³/mol. The second kappa shape index (κ2) is 7.80. The van der Waals surface area contributed by atoms with Gasteiger partial charge in [0.05, 0.1) is 16.8 Å². The zero-order valence-electron chi connectivity index (χ0n) is 13.3. The van der Waals surface area contributed by atoms with Gasteiger partial charge in [-0.05, 0) is 29.7 Å². The summed E-state index contributed by atoms with van der Waals surface area (Å²) < 4.78 is 0. The van der Waals surface area contributed by atoms with Crippen LogP contribution in [0.3, 0.4) is 0 Å². The summed E-state index contributed by atoms with van der Waals surface area (Å²) in [6.07, 6.45) is 1.63. The normalized spacial score (nSPS) is 10.5. The van der Waals surface area contributed by atoms with Gasteiger partial charge in [0.2, 0.25) is 5.91 Å². The summed E-state index contributed by atoms with van der Waals surface area (Å²) in [4.78, 5) is 16.2. The van der Waals surface area contributed by atoms with Gasteiger partial charge in [0.15, 0.2) is 0 Å². The molecule has 4 nitrogen and oxygen atoms in total. The van der Waals surface area contributed by atoms with Crippen LogP contribution in [-0.2, 0) is 4.79 Å². The van der Waals surface area contributed by atoms with Crippen LogP contribution in [0.15, 0.2) is 41.9 Å². The average Bonchev–Trinajstić information content (AvgIpc) is 2.56. The molecule has 0 fully saturated rings. The summed E-state index contributed by atoms with van der Waals surface area (Å²) in [6.45, 7) is 8.25. The molecule has 1 N–H and O–H groups in total. The van der Waals surface area contributed by atoms with Crippen LogP contribution in [0.5, 0.6) is 0 Å². The largest absolute Gasteiger partial charge is 0.352 e. The Bertz CT molecular complexity index is 778. The van der Waals surface area contributed by atoms with Crippen LogP contribution in [0, 0.1) is 11.3 Å². The van der Waals surface area contributed by atoms with Crippen molar-refractivity contribution in [3.63, 3.8) is 0 Å². The molecule has 0 spiro atoms. The molecule has 0 saturated heterocycles. The van der Waals surface area contributed by atoms with Gasteiger partial charge in [0.1, 0.15) is 11.1 Å². The molecule has 118 valence electrons. The number of carbonyl (C=O) groups is 1. The Kier molecular flexibility index (Phi) is 5.78. The van der Waals surface area contributed by atoms with Crippen molar-refractivity contribution < 1.29 is 4.79 Å². The van der Waals surface area contributed by atoms with Gasteiger partial charge < -0.3 is 5.32 Å². The molecule has 0 aliphatic carbocycles. The molecule has 1 aromatic heterocycles. The second-order valence-corrected chi connectivity index (χ2v) is 6.41. The molecule has 1 aromatic carbocycles. The van der Waals surface area contributed by atoms with Crippen LogP contribution in [0.2, 0.25) is 0 Å². The molecule has 23 heavy (non-hydrogen) atoms. The Balaban J connectivity index is 2.26. The monoisotopic (exact) mass is 325 g/mol. The molecule has 0 radical (unpaired) electrons. The number of nitriles is 1. The topological polar surface area (TPSA) is 65.8 Å². The Morgan fingerprint density at radius 3 is 2.91 bits per heavy atom. The van der Waals surface area contributed by atoms with E-state index in [0.29, 0.717) is 23.1 Å². The van der Waals surface area contributed by atoms with E-state index in [2.05, 4.69) is 48.9 Å². The van der Waals surface area contributed by atoms with Crippen LogP contribution < -0.4 is 5.32 Å². The van der Waals surface area contributed by atoms with E-state index in [1.165, 1.54) is 17.3 Å². The van der Waals surface area contributed by atoms with Crippen LogP contribution in [-0.4, -0.2) is 23.2 Å². The number of aromatic nitrogens is 1. The minimum absolute atomic E-state index is 0.101. The summed E-state index contributed by atoms with van der Waals surface area (Å²) in [6, 6.07) is 10.1. The highest BCUT2D eigenvalue weighted by atomic mass is 32.2. The van der Waals surface area contributed by atoms with Gasteiger partial charge in [0, 0.05) is 11.9 Å². The minimum atomic E-state index is -0.101. The molecule has 0 unspecified atom stereocenters. The molecule has 0 atom stereocenters. The van der Waals surface area contributed by atoms with Crippen LogP contribution in [0.1, 0.15) is 30.9 Å². The number of amides is 1. The summed E-state index contributed by atoms with van der Waals surface area (Å²) in [5, 5.41) is 13.6. The first-order chi connectivity index (χ1) is 11.0. The lowest BCUT2D eigenvalue weighted by Crippen LogP contribution is -2.25. The third kappa shape index (κ3) is 4.33. The third-order valence-corrected chi connectivity index (χ3v) is 4.37. The number of fused-ring (bicyclic) bond motifs is 1. The fourth-order valence-corrected chi connectivity index (χ4v) is 2.89. The molecule has 1 heterocycles. The van der Waals surface area contributed by atoms with Gasteiger partial charge in [-0.2, -0.15) is 5.26 Å². The van der Waals surface area contributed by atoms with Gasteiger partial charge in [-0.3, -0.25) is 4.79 Å². The Morgan fingerprint density at radius 1 is 1.48 bits per heavy atom. The third-order valence-electron chi connectivity index (χ3n) is 3.37.